The van der Waals surface area contributed by atoms with Gasteiger partial charge in [-0.25, -0.2) is 0 Å². The molecule has 5 rings (SSSR count). The van der Waals surface area contributed by atoms with Crippen LogP contribution in [0, 0.1) is 13.8 Å². The third-order valence-electron chi connectivity index (χ3n) is 6.84. The summed E-state index contributed by atoms with van der Waals surface area (Å²) in [5.41, 5.74) is 4.98. The fraction of sp³-hybridized carbons (Fsp3) is 0.440. The van der Waals surface area contributed by atoms with Gasteiger partial charge in [-0.3, -0.25) is 0 Å². The van der Waals surface area contributed by atoms with E-state index >= 15 is 0 Å². The molecule has 0 radical (unpaired) electrons. The fourth-order valence-electron chi connectivity index (χ4n) is 5.09. The highest BCUT2D eigenvalue weighted by atomic mass is 16.5. The molecule has 0 aliphatic carbocycles. The number of aliphatic hydroxyl groups is 2. The van der Waals surface area contributed by atoms with Gasteiger partial charge in [-0.15, -0.1) is 0 Å². The summed E-state index contributed by atoms with van der Waals surface area (Å²) in [6.45, 7) is 6.42. The van der Waals surface area contributed by atoms with E-state index in [4.69, 9.17) is 4.74 Å². The normalized spacial score (nSPS) is 22.1. The zero-order valence-corrected chi connectivity index (χ0v) is 17.7. The van der Waals surface area contributed by atoms with Gasteiger partial charge in [0.15, 0.2) is 0 Å². The lowest BCUT2D eigenvalue weighted by Gasteiger charge is -2.46. The first-order chi connectivity index (χ1) is 14.4. The minimum atomic E-state index is -0.530. The Bertz CT molecular complexity index is 1070. The van der Waals surface area contributed by atoms with E-state index in [0.29, 0.717) is 13.0 Å². The number of H-pyrrole nitrogens is 1. The van der Waals surface area contributed by atoms with E-state index in [-0.39, 0.29) is 5.60 Å². The van der Waals surface area contributed by atoms with Gasteiger partial charge in [-0.05, 0) is 50.5 Å². The van der Waals surface area contributed by atoms with Crippen molar-refractivity contribution in [1.29, 1.82) is 0 Å². The van der Waals surface area contributed by atoms with Gasteiger partial charge in [0.2, 0.25) is 0 Å². The number of piperidine rings is 1. The van der Waals surface area contributed by atoms with Gasteiger partial charge >= 0.3 is 0 Å². The SMILES string of the molecule is Cc1ccc2c(c1)[C@H](O)CC1(CCN(C[C@H](O)c3c[nH]c4cc(C)ccc34)CC1)O2. The standard InChI is InChI=1S/C25H30N2O3/c1-16-4-6-24-19(11-16)22(28)13-25(30-24)7-9-27(10-8-25)15-23(29)20-14-26-21-12-17(2)3-5-18(20)21/h3-6,11-12,14,22-23,26,28-29H,7-10,13,15H2,1-2H3/t22-,23+/m1/s1. The largest absolute Gasteiger partial charge is 0.487 e. The number of aromatic nitrogens is 1. The molecule has 0 bridgehead atoms. The zero-order chi connectivity index (χ0) is 20.9. The number of benzene rings is 2. The van der Waals surface area contributed by atoms with Crippen LogP contribution in [0.25, 0.3) is 10.9 Å². The van der Waals surface area contributed by atoms with Crippen molar-refractivity contribution in [3.05, 3.63) is 64.8 Å². The number of likely N-dealkylation sites (tertiary alicyclic amines) is 1. The molecule has 0 unspecified atom stereocenters. The van der Waals surface area contributed by atoms with E-state index in [2.05, 4.69) is 35.0 Å². The first-order valence-corrected chi connectivity index (χ1v) is 10.9. The highest BCUT2D eigenvalue weighted by molar-refractivity contribution is 5.84. The second kappa shape index (κ2) is 7.41. The van der Waals surface area contributed by atoms with Gasteiger partial charge < -0.3 is 24.8 Å². The van der Waals surface area contributed by atoms with Crippen molar-refractivity contribution in [2.24, 2.45) is 0 Å². The molecule has 1 saturated heterocycles. The molecular formula is C25H30N2O3. The summed E-state index contributed by atoms with van der Waals surface area (Å²) in [5, 5.41) is 22.7. The molecule has 2 aliphatic heterocycles. The second-order valence-corrected chi connectivity index (χ2v) is 9.16. The molecule has 0 saturated carbocycles. The van der Waals surface area contributed by atoms with Crippen molar-refractivity contribution in [2.45, 2.75) is 50.9 Å². The van der Waals surface area contributed by atoms with Crippen molar-refractivity contribution in [2.75, 3.05) is 19.6 Å². The van der Waals surface area contributed by atoms with Crippen LogP contribution in [0.15, 0.2) is 42.6 Å². The molecule has 5 nitrogen and oxygen atoms in total. The van der Waals surface area contributed by atoms with Crippen LogP contribution in [0.1, 0.15) is 53.7 Å². The smallest absolute Gasteiger partial charge is 0.125 e. The lowest BCUT2D eigenvalue weighted by molar-refractivity contribution is -0.0587. The molecule has 2 aliphatic rings. The predicted octanol–water partition coefficient (Wildman–Crippen LogP) is 4.17. The van der Waals surface area contributed by atoms with Crippen molar-refractivity contribution in [3.8, 4) is 5.75 Å². The number of rotatable bonds is 3. The van der Waals surface area contributed by atoms with E-state index < -0.39 is 12.2 Å². The summed E-state index contributed by atoms with van der Waals surface area (Å²) in [6.07, 6.45) is 3.29. The average molecular weight is 407 g/mol. The van der Waals surface area contributed by atoms with Gasteiger partial charge in [-0.1, -0.05) is 23.8 Å². The Balaban J connectivity index is 1.25. The second-order valence-electron chi connectivity index (χ2n) is 9.16. The van der Waals surface area contributed by atoms with Crippen LogP contribution in [0.2, 0.25) is 0 Å². The first-order valence-electron chi connectivity index (χ1n) is 10.9. The summed E-state index contributed by atoms with van der Waals surface area (Å²) in [7, 11) is 0. The number of nitrogens with zero attached hydrogens (tertiary/aromatic N) is 1. The lowest BCUT2D eigenvalue weighted by atomic mass is 9.81. The molecule has 2 aromatic carbocycles. The quantitative estimate of drug-likeness (QED) is 0.611. The van der Waals surface area contributed by atoms with Gasteiger partial charge in [0.1, 0.15) is 11.4 Å². The number of ether oxygens (including phenoxy) is 1. The van der Waals surface area contributed by atoms with E-state index in [9.17, 15) is 10.2 Å². The molecular weight excluding hydrogens is 376 g/mol. The highest BCUT2D eigenvalue weighted by Crippen LogP contribution is 2.44. The number of β-amino-alcohol motifs (C(OH)–C–C–N with tert-alkyl or cyclic N) is 1. The molecule has 1 fully saturated rings. The Morgan fingerprint density at radius 1 is 1.13 bits per heavy atom. The number of aromatic amines is 1. The van der Waals surface area contributed by atoms with Crippen molar-refractivity contribution < 1.29 is 14.9 Å². The predicted molar refractivity (Wildman–Crippen MR) is 118 cm³/mol. The Morgan fingerprint density at radius 2 is 1.87 bits per heavy atom. The third-order valence-corrected chi connectivity index (χ3v) is 6.84. The first kappa shape index (κ1) is 19.6. The van der Waals surface area contributed by atoms with Gasteiger partial charge in [-0.2, -0.15) is 0 Å². The monoisotopic (exact) mass is 406 g/mol. The summed E-state index contributed by atoms with van der Waals surface area (Å²) < 4.78 is 6.43. The van der Waals surface area contributed by atoms with Crippen LogP contribution < -0.4 is 4.74 Å². The zero-order valence-electron chi connectivity index (χ0n) is 17.7. The van der Waals surface area contributed by atoms with E-state index in [0.717, 1.165) is 59.3 Å². The number of hydrogen-bond acceptors (Lipinski definition) is 4. The highest BCUT2D eigenvalue weighted by Gasteiger charge is 2.43. The molecule has 1 aromatic heterocycles. The van der Waals surface area contributed by atoms with Crippen molar-refractivity contribution in [1.82, 2.24) is 9.88 Å². The van der Waals surface area contributed by atoms with Gasteiger partial charge in [0, 0.05) is 54.3 Å². The molecule has 5 heteroatoms. The number of hydrogen-bond donors (Lipinski definition) is 3. The van der Waals surface area contributed by atoms with Crippen LogP contribution in [0.5, 0.6) is 5.75 Å². The van der Waals surface area contributed by atoms with Gasteiger partial charge in [0.05, 0.1) is 12.2 Å². The van der Waals surface area contributed by atoms with Crippen LogP contribution in [-0.2, 0) is 0 Å². The molecule has 3 heterocycles. The number of nitrogens with one attached hydrogen (secondary N) is 1. The molecule has 158 valence electrons. The minimum absolute atomic E-state index is 0.304. The number of aliphatic hydroxyl groups excluding tert-OH is 2. The Morgan fingerprint density at radius 3 is 2.67 bits per heavy atom. The summed E-state index contributed by atoms with van der Waals surface area (Å²) in [5.74, 6) is 0.821. The van der Waals surface area contributed by atoms with E-state index in [1.54, 1.807) is 0 Å². The van der Waals surface area contributed by atoms with Crippen LogP contribution in [-0.4, -0.2) is 45.3 Å². The van der Waals surface area contributed by atoms with Crippen molar-refractivity contribution in [3.63, 3.8) is 0 Å². The van der Waals surface area contributed by atoms with Crippen LogP contribution in [0.4, 0.5) is 0 Å². The Hall–Kier alpha value is -2.34. The molecule has 2 atom stereocenters. The minimum Gasteiger partial charge on any atom is -0.487 e. The number of fused-ring (bicyclic) bond motifs is 2. The maximum absolute atomic E-state index is 10.9. The van der Waals surface area contributed by atoms with Crippen molar-refractivity contribution >= 4 is 10.9 Å². The summed E-state index contributed by atoms with van der Waals surface area (Å²) in [4.78, 5) is 5.59. The topological polar surface area (TPSA) is 68.7 Å². The Kier molecular flexibility index (Phi) is 4.85. The third kappa shape index (κ3) is 3.51. The van der Waals surface area contributed by atoms with E-state index in [1.807, 2.05) is 31.3 Å². The maximum atomic E-state index is 10.9. The molecule has 30 heavy (non-hydrogen) atoms. The number of aryl methyl sites for hydroxylation is 2. The van der Waals surface area contributed by atoms with Crippen LogP contribution >= 0.6 is 0 Å². The Labute approximate surface area is 177 Å². The lowest BCUT2D eigenvalue weighted by Crippen LogP contribution is -2.51. The van der Waals surface area contributed by atoms with Gasteiger partial charge in [0.25, 0.3) is 0 Å². The molecule has 0 amide bonds. The summed E-state index contributed by atoms with van der Waals surface area (Å²) in [6, 6.07) is 12.3. The fourth-order valence-corrected chi connectivity index (χ4v) is 5.09. The average Bonchev–Trinajstić information content (AvgIpc) is 3.14. The maximum Gasteiger partial charge on any atom is 0.125 e. The van der Waals surface area contributed by atoms with E-state index in [1.165, 1.54) is 5.56 Å². The molecule has 3 aromatic rings. The molecule has 3 N–H and O–H groups in total. The van der Waals surface area contributed by atoms with Crippen LogP contribution in [0.3, 0.4) is 0 Å². The summed E-state index contributed by atoms with van der Waals surface area (Å²) >= 11 is 0. The molecule has 1 spiro atoms.